The van der Waals surface area contributed by atoms with Gasteiger partial charge in [0.2, 0.25) is 5.91 Å². The van der Waals surface area contributed by atoms with E-state index in [1.807, 2.05) is 26.1 Å². The Labute approximate surface area is 102 Å². The van der Waals surface area contributed by atoms with Crippen LogP contribution in [0.2, 0.25) is 0 Å². The van der Waals surface area contributed by atoms with Crippen LogP contribution >= 0.6 is 0 Å². The smallest absolute Gasteiger partial charge is 0.240 e. The Bertz CT molecular complexity index is 393. The molecule has 1 amide bonds. The molecule has 0 aliphatic carbocycles. The summed E-state index contributed by atoms with van der Waals surface area (Å²) < 4.78 is 0. The van der Waals surface area contributed by atoms with Crippen molar-refractivity contribution in [3.63, 3.8) is 0 Å². The van der Waals surface area contributed by atoms with Gasteiger partial charge >= 0.3 is 0 Å². The van der Waals surface area contributed by atoms with Crippen LogP contribution in [0.1, 0.15) is 25.3 Å². The number of likely N-dealkylation sites (tertiary alicyclic amines) is 1. The van der Waals surface area contributed by atoms with Crippen molar-refractivity contribution in [2.24, 2.45) is 0 Å². The van der Waals surface area contributed by atoms with Crippen molar-refractivity contribution < 1.29 is 4.79 Å². The first-order valence-corrected chi connectivity index (χ1v) is 6.01. The van der Waals surface area contributed by atoms with Crippen LogP contribution in [0.4, 0.5) is 0 Å². The second-order valence-electron chi connectivity index (χ2n) is 4.84. The summed E-state index contributed by atoms with van der Waals surface area (Å²) in [6.07, 6.45) is 5.51. The summed E-state index contributed by atoms with van der Waals surface area (Å²) in [5.74, 6) is 0.120. The first kappa shape index (κ1) is 12.0. The van der Waals surface area contributed by atoms with E-state index in [4.69, 9.17) is 0 Å². The summed E-state index contributed by atoms with van der Waals surface area (Å²) in [6.45, 7) is 3.59. The molecule has 2 heterocycles. The zero-order valence-corrected chi connectivity index (χ0v) is 10.4. The van der Waals surface area contributed by atoms with Crippen LogP contribution in [0, 0.1) is 0 Å². The van der Waals surface area contributed by atoms with Crippen LogP contribution < -0.4 is 5.32 Å². The highest BCUT2D eigenvalue weighted by Gasteiger charge is 2.40. The quantitative estimate of drug-likeness (QED) is 0.852. The third-order valence-electron chi connectivity index (χ3n) is 3.69. The Morgan fingerprint density at radius 1 is 1.53 bits per heavy atom. The van der Waals surface area contributed by atoms with Gasteiger partial charge in [0.05, 0.1) is 5.54 Å². The molecule has 1 atom stereocenters. The van der Waals surface area contributed by atoms with Gasteiger partial charge in [-0.3, -0.25) is 14.7 Å². The molecule has 0 bridgehead atoms. The number of aromatic nitrogens is 1. The maximum Gasteiger partial charge on any atom is 0.240 e. The summed E-state index contributed by atoms with van der Waals surface area (Å²) in [5.41, 5.74) is 0.741. The van der Waals surface area contributed by atoms with Gasteiger partial charge in [0.25, 0.3) is 0 Å². The lowest BCUT2D eigenvalue weighted by molar-refractivity contribution is -0.130. The number of carbonyl (C=O) groups excluding carboxylic acids is 1. The van der Waals surface area contributed by atoms with Gasteiger partial charge in [0.1, 0.15) is 0 Å². The second-order valence-corrected chi connectivity index (χ2v) is 4.84. The number of hydrogen-bond acceptors (Lipinski definition) is 3. The Kier molecular flexibility index (Phi) is 3.43. The van der Waals surface area contributed by atoms with Crippen molar-refractivity contribution in [1.29, 1.82) is 0 Å². The molecule has 1 aliphatic rings. The molecule has 1 unspecified atom stereocenters. The van der Waals surface area contributed by atoms with E-state index in [0.717, 1.165) is 24.9 Å². The predicted octanol–water partition coefficient (Wildman–Crippen LogP) is 1.18. The number of amides is 1. The molecule has 2 rings (SSSR count). The average Bonchev–Trinajstić information content (AvgIpc) is 2.69. The molecule has 1 aromatic heterocycles. The van der Waals surface area contributed by atoms with Crippen molar-refractivity contribution in [2.45, 2.75) is 31.8 Å². The number of nitrogens with one attached hydrogen (secondary N) is 1. The van der Waals surface area contributed by atoms with Gasteiger partial charge in [0, 0.05) is 18.9 Å². The molecule has 1 fully saturated rings. The maximum atomic E-state index is 12.2. The van der Waals surface area contributed by atoms with Gasteiger partial charge in [-0.25, -0.2) is 0 Å². The SMILES string of the molecule is CN1CCCC1(C)C(=O)NCc1ccncc1. The molecule has 0 saturated carbocycles. The third kappa shape index (κ3) is 2.47. The van der Waals surface area contributed by atoms with Gasteiger partial charge in [0.15, 0.2) is 0 Å². The number of pyridine rings is 1. The first-order valence-electron chi connectivity index (χ1n) is 6.01. The molecule has 1 saturated heterocycles. The topological polar surface area (TPSA) is 45.2 Å². The van der Waals surface area contributed by atoms with Gasteiger partial charge < -0.3 is 5.32 Å². The van der Waals surface area contributed by atoms with Crippen LogP contribution in [0.3, 0.4) is 0 Å². The standard InChI is InChI=1S/C13H19N3O/c1-13(6-3-9-16(13)2)12(17)15-10-11-4-7-14-8-5-11/h4-5,7-8H,3,6,9-10H2,1-2H3,(H,15,17). The lowest BCUT2D eigenvalue weighted by Crippen LogP contribution is -2.51. The monoisotopic (exact) mass is 233 g/mol. The fraction of sp³-hybridized carbons (Fsp3) is 0.538. The maximum absolute atomic E-state index is 12.2. The number of nitrogens with zero attached hydrogens (tertiary/aromatic N) is 2. The zero-order valence-electron chi connectivity index (χ0n) is 10.4. The number of rotatable bonds is 3. The van der Waals surface area contributed by atoms with E-state index in [9.17, 15) is 4.79 Å². The second kappa shape index (κ2) is 4.84. The molecular formula is C13H19N3O. The number of carbonyl (C=O) groups is 1. The zero-order chi connectivity index (χ0) is 12.3. The minimum Gasteiger partial charge on any atom is -0.350 e. The van der Waals surface area contributed by atoms with Gasteiger partial charge in [-0.05, 0) is 51.1 Å². The fourth-order valence-electron chi connectivity index (χ4n) is 2.26. The Hall–Kier alpha value is -1.42. The molecule has 4 heteroatoms. The molecule has 1 aliphatic heterocycles. The van der Waals surface area contributed by atoms with E-state index >= 15 is 0 Å². The minimum absolute atomic E-state index is 0.120. The molecule has 0 radical (unpaired) electrons. The molecule has 92 valence electrons. The Morgan fingerprint density at radius 2 is 2.24 bits per heavy atom. The summed E-state index contributed by atoms with van der Waals surface area (Å²) in [5, 5.41) is 3.00. The van der Waals surface area contributed by atoms with Gasteiger partial charge in [-0.1, -0.05) is 0 Å². The van der Waals surface area contributed by atoms with Crippen molar-refractivity contribution in [1.82, 2.24) is 15.2 Å². The third-order valence-corrected chi connectivity index (χ3v) is 3.69. The molecule has 0 aromatic carbocycles. The highest BCUT2D eigenvalue weighted by Crippen LogP contribution is 2.27. The predicted molar refractivity (Wildman–Crippen MR) is 66.4 cm³/mol. The summed E-state index contributed by atoms with van der Waals surface area (Å²) >= 11 is 0. The van der Waals surface area contributed by atoms with Gasteiger partial charge in [-0.15, -0.1) is 0 Å². The molecule has 0 spiro atoms. The van der Waals surface area contributed by atoms with E-state index in [1.165, 1.54) is 0 Å². The average molecular weight is 233 g/mol. The molecule has 4 nitrogen and oxygen atoms in total. The van der Waals surface area contributed by atoms with E-state index in [-0.39, 0.29) is 11.4 Å². The van der Waals surface area contributed by atoms with Crippen LogP contribution in [-0.4, -0.2) is 34.9 Å². The fourth-order valence-corrected chi connectivity index (χ4v) is 2.26. The molecule has 17 heavy (non-hydrogen) atoms. The van der Waals surface area contributed by atoms with Crippen LogP contribution in [0.25, 0.3) is 0 Å². The van der Waals surface area contributed by atoms with Crippen molar-refractivity contribution >= 4 is 5.91 Å². The van der Waals surface area contributed by atoms with Crippen LogP contribution in [0.5, 0.6) is 0 Å². The normalized spacial score (nSPS) is 24.8. The minimum atomic E-state index is -0.340. The first-order chi connectivity index (χ1) is 8.13. The van der Waals surface area contributed by atoms with E-state index in [2.05, 4.69) is 15.2 Å². The molecule has 1 aromatic rings. The van der Waals surface area contributed by atoms with E-state index < -0.39 is 0 Å². The van der Waals surface area contributed by atoms with Crippen molar-refractivity contribution in [2.75, 3.05) is 13.6 Å². The van der Waals surface area contributed by atoms with Crippen molar-refractivity contribution in [3.8, 4) is 0 Å². The summed E-state index contributed by atoms with van der Waals surface area (Å²) in [4.78, 5) is 18.3. The largest absolute Gasteiger partial charge is 0.350 e. The lowest BCUT2D eigenvalue weighted by atomic mass is 9.98. The number of likely N-dealkylation sites (N-methyl/N-ethyl adjacent to an activating group) is 1. The Balaban J connectivity index is 1.94. The van der Waals surface area contributed by atoms with E-state index in [1.54, 1.807) is 12.4 Å². The molecule has 1 N–H and O–H groups in total. The lowest BCUT2D eigenvalue weighted by Gasteiger charge is -2.30. The van der Waals surface area contributed by atoms with E-state index in [0.29, 0.717) is 6.54 Å². The number of hydrogen-bond donors (Lipinski definition) is 1. The molecular weight excluding hydrogens is 214 g/mol. The van der Waals surface area contributed by atoms with Crippen molar-refractivity contribution in [3.05, 3.63) is 30.1 Å². The highest BCUT2D eigenvalue weighted by molar-refractivity contribution is 5.86. The highest BCUT2D eigenvalue weighted by atomic mass is 16.2. The van der Waals surface area contributed by atoms with Crippen LogP contribution in [-0.2, 0) is 11.3 Å². The summed E-state index contributed by atoms with van der Waals surface area (Å²) in [7, 11) is 2.01. The summed E-state index contributed by atoms with van der Waals surface area (Å²) in [6, 6.07) is 3.84. The van der Waals surface area contributed by atoms with Gasteiger partial charge in [-0.2, -0.15) is 0 Å². The Morgan fingerprint density at radius 3 is 2.82 bits per heavy atom. The van der Waals surface area contributed by atoms with Crippen LogP contribution in [0.15, 0.2) is 24.5 Å².